The zero-order chi connectivity index (χ0) is 49.9. The van der Waals surface area contributed by atoms with Gasteiger partial charge in [-0.1, -0.05) is 194 Å². The van der Waals surface area contributed by atoms with Crippen molar-refractivity contribution in [1.82, 2.24) is 0 Å². The fourth-order valence-corrected chi connectivity index (χ4v) is 11.0. The van der Waals surface area contributed by atoms with Crippen LogP contribution >= 0.6 is 0 Å². The van der Waals surface area contributed by atoms with Crippen LogP contribution in [0.2, 0.25) is 0 Å². The van der Waals surface area contributed by atoms with Gasteiger partial charge in [-0.2, -0.15) is 0 Å². The third kappa shape index (κ3) is 8.92. The highest BCUT2D eigenvalue weighted by atomic mass is 15.2. The largest absolute Gasteiger partial charge is 0.310 e. The van der Waals surface area contributed by atoms with E-state index in [1.807, 2.05) is 0 Å². The van der Waals surface area contributed by atoms with E-state index in [9.17, 15) is 0 Å². The van der Waals surface area contributed by atoms with Crippen molar-refractivity contribution in [3.8, 4) is 33.4 Å². The Morgan fingerprint density at radius 3 is 1.12 bits per heavy atom. The SMILES string of the molecule is C1=CC2=C(N(c3ccccc3)c3ccc(-c4cc(-c5ccc(N(c6ccccc6)c6cccc7ccccc67)cc5)cc(-c5ccc(N(c6ccccc6)c6cccc7ccccc67)cc5)c4)cc3)C=CCC2C=C1. The van der Waals surface area contributed by atoms with Crippen LogP contribution in [-0.2, 0) is 0 Å². The third-order valence-corrected chi connectivity index (χ3v) is 14.7. The van der Waals surface area contributed by atoms with Gasteiger partial charge in [0.1, 0.15) is 0 Å². The Balaban J connectivity index is 0.917. The van der Waals surface area contributed by atoms with Gasteiger partial charge in [-0.25, -0.2) is 0 Å². The van der Waals surface area contributed by atoms with E-state index in [-0.39, 0.29) is 0 Å². The van der Waals surface area contributed by atoms with E-state index in [0.29, 0.717) is 5.92 Å². The monoisotopic (exact) mass is 959 g/mol. The molecule has 11 aromatic carbocycles. The van der Waals surface area contributed by atoms with Crippen molar-refractivity contribution >= 4 is 67.0 Å². The Bertz CT molecular complexity index is 3750. The molecule has 0 fully saturated rings. The summed E-state index contributed by atoms with van der Waals surface area (Å²) >= 11 is 0. The number of rotatable bonds is 12. The van der Waals surface area contributed by atoms with Crippen molar-refractivity contribution in [3.63, 3.8) is 0 Å². The second-order valence-electron chi connectivity index (χ2n) is 19.3. The minimum Gasteiger partial charge on any atom is -0.310 e. The first kappa shape index (κ1) is 45.2. The zero-order valence-corrected chi connectivity index (χ0v) is 41.5. The maximum absolute atomic E-state index is 2.41. The van der Waals surface area contributed by atoms with Crippen LogP contribution in [0.5, 0.6) is 0 Å². The molecule has 75 heavy (non-hydrogen) atoms. The van der Waals surface area contributed by atoms with Crippen molar-refractivity contribution in [3.05, 3.63) is 315 Å². The third-order valence-electron chi connectivity index (χ3n) is 14.7. The van der Waals surface area contributed by atoms with Crippen molar-refractivity contribution in [2.45, 2.75) is 6.42 Å². The Morgan fingerprint density at radius 2 is 0.667 bits per heavy atom. The van der Waals surface area contributed by atoms with Gasteiger partial charge in [-0.15, -0.1) is 0 Å². The minimum absolute atomic E-state index is 0.365. The van der Waals surface area contributed by atoms with Gasteiger partial charge in [0.2, 0.25) is 0 Å². The van der Waals surface area contributed by atoms with Gasteiger partial charge in [0.05, 0.1) is 11.4 Å². The van der Waals surface area contributed by atoms with E-state index in [0.717, 1.165) is 85.3 Å². The summed E-state index contributed by atoms with van der Waals surface area (Å²) in [5, 5.41) is 4.84. The lowest BCUT2D eigenvalue weighted by molar-refractivity contribution is 0.763. The average Bonchev–Trinajstić information content (AvgIpc) is 3.49. The van der Waals surface area contributed by atoms with Crippen molar-refractivity contribution in [2.75, 3.05) is 14.7 Å². The number of benzene rings is 11. The molecule has 356 valence electrons. The Morgan fingerprint density at radius 1 is 0.293 bits per heavy atom. The Kier molecular flexibility index (Phi) is 12.1. The molecule has 1 atom stereocenters. The van der Waals surface area contributed by atoms with E-state index in [2.05, 4.69) is 318 Å². The van der Waals surface area contributed by atoms with Gasteiger partial charge in [-0.3, -0.25) is 0 Å². The molecule has 2 aliphatic carbocycles. The fraction of sp³-hybridized carbons (Fsp3) is 0.0278. The highest BCUT2D eigenvalue weighted by Crippen LogP contribution is 2.44. The number of anilines is 8. The van der Waals surface area contributed by atoms with Gasteiger partial charge in [0.15, 0.2) is 0 Å². The maximum Gasteiger partial charge on any atom is 0.0540 e. The molecule has 2 aliphatic rings. The number of para-hydroxylation sites is 3. The fourth-order valence-electron chi connectivity index (χ4n) is 11.0. The quantitative estimate of drug-likeness (QED) is 0.121. The lowest BCUT2D eigenvalue weighted by Crippen LogP contribution is -2.21. The number of hydrogen-bond acceptors (Lipinski definition) is 3. The van der Waals surface area contributed by atoms with Crippen LogP contribution in [0.1, 0.15) is 6.42 Å². The van der Waals surface area contributed by atoms with E-state index in [1.165, 1.54) is 32.8 Å². The molecule has 0 aromatic heterocycles. The normalized spacial score (nSPS) is 13.7. The molecular formula is C72H53N3. The molecule has 3 nitrogen and oxygen atoms in total. The van der Waals surface area contributed by atoms with Crippen LogP contribution in [0.4, 0.5) is 45.5 Å². The first-order valence-corrected chi connectivity index (χ1v) is 25.9. The van der Waals surface area contributed by atoms with Gasteiger partial charge in [0.25, 0.3) is 0 Å². The highest BCUT2D eigenvalue weighted by molar-refractivity contribution is 6.00. The van der Waals surface area contributed by atoms with E-state index >= 15 is 0 Å². The summed E-state index contributed by atoms with van der Waals surface area (Å²) in [4.78, 5) is 7.15. The van der Waals surface area contributed by atoms with Crippen LogP contribution in [0.25, 0.3) is 54.9 Å². The molecule has 11 aromatic rings. The Labute approximate surface area is 439 Å². The summed E-state index contributed by atoms with van der Waals surface area (Å²) in [6.07, 6.45) is 14.6. The predicted octanol–water partition coefficient (Wildman–Crippen LogP) is 20.0. The summed E-state index contributed by atoms with van der Waals surface area (Å²) in [7, 11) is 0. The number of nitrogens with zero attached hydrogens (tertiary/aromatic N) is 3. The van der Waals surface area contributed by atoms with Gasteiger partial charge < -0.3 is 14.7 Å². The first-order valence-electron chi connectivity index (χ1n) is 25.9. The molecule has 0 amide bonds. The number of hydrogen-bond donors (Lipinski definition) is 0. The molecule has 13 rings (SSSR count). The molecular weight excluding hydrogens is 907 g/mol. The second-order valence-corrected chi connectivity index (χ2v) is 19.3. The number of fused-ring (bicyclic) bond motifs is 3. The highest BCUT2D eigenvalue weighted by Gasteiger charge is 2.24. The van der Waals surface area contributed by atoms with Crippen LogP contribution in [0, 0.1) is 5.92 Å². The molecule has 0 spiro atoms. The molecule has 0 N–H and O–H groups in total. The van der Waals surface area contributed by atoms with Crippen LogP contribution < -0.4 is 14.7 Å². The molecule has 0 aliphatic heterocycles. The molecule has 0 radical (unpaired) electrons. The average molecular weight is 960 g/mol. The van der Waals surface area contributed by atoms with Crippen LogP contribution in [0.3, 0.4) is 0 Å². The summed E-state index contributed by atoms with van der Waals surface area (Å²) in [6, 6.07) is 96.9. The van der Waals surface area contributed by atoms with E-state index < -0.39 is 0 Å². The lowest BCUT2D eigenvalue weighted by atomic mass is 9.86. The topological polar surface area (TPSA) is 9.72 Å². The summed E-state index contributed by atoms with van der Waals surface area (Å²) < 4.78 is 0. The summed E-state index contributed by atoms with van der Waals surface area (Å²) in [5.74, 6) is 0.365. The Hall–Kier alpha value is -9.70. The van der Waals surface area contributed by atoms with Crippen LogP contribution in [-0.4, -0.2) is 0 Å². The zero-order valence-electron chi connectivity index (χ0n) is 41.5. The van der Waals surface area contributed by atoms with Gasteiger partial charge in [0, 0.05) is 56.5 Å². The first-order chi connectivity index (χ1) is 37.2. The van der Waals surface area contributed by atoms with Crippen molar-refractivity contribution in [1.29, 1.82) is 0 Å². The van der Waals surface area contributed by atoms with Crippen LogP contribution in [0.15, 0.2) is 315 Å². The molecule has 0 bridgehead atoms. The molecule has 3 heteroatoms. The molecule has 0 saturated heterocycles. The minimum atomic E-state index is 0.365. The smallest absolute Gasteiger partial charge is 0.0540 e. The molecule has 0 saturated carbocycles. The number of allylic oxidation sites excluding steroid dienone is 7. The van der Waals surface area contributed by atoms with Gasteiger partial charge in [-0.05, 0) is 165 Å². The standard InChI is InChI=1S/C72H53N3/c1-4-25-61(26-5-1)73(70-34-16-22-55-19-10-13-31-67(55)70)64-43-37-52(38-44-64)58-49-59(53-39-45-65(46-40-53)74(62-27-6-2-7-28-62)71-35-17-23-56-20-11-14-32-68(56)71)51-60(50-58)54-41-47-66(48-42-54)75(63-29-8-3-9-30-63)72-36-18-24-57-21-12-15-33-69(57)72/h1-23,25-51,57H,24H2. The van der Waals surface area contributed by atoms with E-state index in [4.69, 9.17) is 0 Å². The van der Waals surface area contributed by atoms with Gasteiger partial charge >= 0.3 is 0 Å². The molecule has 1 unspecified atom stereocenters. The van der Waals surface area contributed by atoms with Crippen molar-refractivity contribution in [2.24, 2.45) is 5.92 Å². The summed E-state index contributed by atoms with van der Waals surface area (Å²) in [5.41, 5.74) is 18.4. The second kappa shape index (κ2) is 20.1. The predicted molar refractivity (Wildman–Crippen MR) is 318 cm³/mol. The summed E-state index contributed by atoms with van der Waals surface area (Å²) in [6.45, 7) is 0. The molecule has 0 heterocycles. The van der Waals surface area contributed by atoms with E-state index in [1.54, 1.807) is 0 Å². The lowest BCUT2D eigenvalue weighted by Gasteiger charge is -2.32. The maximum atomic E-state index is 2.41. The van der Waals surface area contributed by atoms with Crippen molar-refractivity contribution < 1.29 is 0 Å².